The summed E-state index contributed by atoms with van der Waals surface area (Å²) >= 11 is 0. The third-order valence-corrected chi connectivity index (χ3v) is 2.42. The first kappa shape index (κ1) is 15.7. The van der Waals surface area contributed by atoms with E-state index in [1.54, 1.807) is 13.3 Å². The molecule has 5 nitrogen and oxygen atoms in total. The van der Waals surface area contributed by atoms with Crippen LogP contribution >= 0.6 is 0 Å². The number of methoxy groups -OCH3 is 1. The average molecular weight is 268 g/mol. The fraction of sp³-hybridized carbons (Fsp3) is 0.643. The first-order valence-electron chi connectivity index (χ1n) is 6.76. The molecule has 0 aliphatic carbocycles. The van der Waals surface area contributed by atoms with Crippen LogP contribution in [0.1, 0.15) is 19.8 Å². The second-order valence-electron chi connectivity index (χ2n) is 4.11. The van der Waals surface area contributed by atoms with Gasteiger partial charge in [-0.3, -0.25) is 0 Å². The maximum Gasteiger partial charge on any atom is 0.129 e. The van der Waals surface area contributed by atoms with Crippen LogP contribution in [0, 0.1) is 0 Å². The molecule has 0 aliphatic rings. The summed E-state index contributed by atoms with van der Waals surface area (Å²) in [6.07, 6.45) is 3.69. The number of nitrogens with one attached hydrogen (secondary N) is 1. The largest absolute Gasteiger partial charge is 0.493 e. The summed E-state index contributed by atoms with van der Waals surface area (Å²) in [4.78, 5) is 4.23. The molecular formula is C14H24N2O3. The Morgan fingerprint density at radius 3 is 2.89 bits per heavy atom. The zero-order valence-electron chi connectivity index (χ0n) is 11.9. The van der Waals surface area contributed by atoms with Gasteiger partial charge in [0.1, 0.15) is 11.6 Å². The molecule has 0 saturated heterocycles. The molecule has 0 bridgehead atoms. The molecule has 0 aromatic carbocycles. The van der Waals surface area contributed by atoms with E-state index in [2.05, 4.69) is 17.2 Å². The van der Waals surface area contributed by atoms with Gasteiger partial charge in [-0.2, -0.15) is 0 Å². The predicted octanol–water partition coefficient (Wildman–Crippen LogP) is 2.34. The molecule has 0 aliphatic heterocycles. The van der Waals surface area contributed by atoms with E-state index in [0.29, 0.717) is 26.4 Å². The van der Waals surface area contributed by atoms with E-state index in [1.165, 1.54) is 0 Å². The summed E-state index contributed by atoms with van der Waals surface area (Å²) in [6, 6.07) is 3.78. The molecule has 1 heterocycles. The molecule has 1 aromatic rings. The normalized spacial score (nSPS) is 10.4. The van der Waals surface area contributed by atoms with Crippen molar-refractivity contribution in [3.05, 3.63) is 18.3 Å². The quantitative estimate of drug-likeness (QED) is 0.624. The van der Waals surface area contributed by atoms with Crippen LogP contribution in [-0.2, 0) is 9.47 Å². The summed E-state index contributed by atoms with van der Waals surface area (Å²) in [6.45, 7) is 5.65. The maximum atomic E-state index is 5.64. The van der Waals surface area contributed by atoms with Gasteiger partial charge in [-0.25, -0.2) is 4.98 Å². The lowest BCUT2D eigenvalue weighted by molar-refractivity contribution is 0.0644. The number of nitrogens with zero attached hydrogens (tertiary/aromatic N) is 1. The topological polar surface area (TPSA) is 52.6 Å². The van der Waals surface area contributed by atoms with E-state index in [0.717, 1.165) is 31.0 Å². The summed E-state index contributed by atoms with van der Waals surface area (Å²) < 4.78 is 15.9. The smallest absolute Gasteiger partial charge is 0.129 e. The van der Waals surface area contributed by atoms with Gasteiger partial charge in [0.2, 0.25) is 0 Å². The van der Waals surface area contributed by atoms with Crippen molar-refractivity contribution in [1.29, 1.82) is 0 Å². The van der Waals surface area contributed by atoms with E-state index >= 15 is 0 Å². The van der Waals surface area contributed by atoms with Crippen LogP contribution in [0.4, 0.5) is 5.82 Å². The number of aromatic nitrogens is 1. The molecular weight excluding hydrogens is 244 g/mol. The Morgan fingerprint density at radius 2 is 2.11 bits per heavy atom. The van der Waals surface area contributed by atoms with Crippen LogP contribution in [0.25, 0.3) is 0 Å². The Balaban J connectivity index is 2.14. The molecule has 1 N–H and O–H groups in total. The lowest BCUT2D eigenvalue weighted by atomic mass is 10.4. The van der Waals surface area contributed by atoms with Crippen molar-refractivity contribution >= 4 is 5.82 Å². The SMILES string of the molecule is CCCNc1cc(OCCCOCCOC)ccn1. The van der Waals surface area contributed by atoms with Gasteiger partial charge in [0.25, 0.3) is 0 Å². The van der Waals surface area contributed by atoms with Gasteiger partial charge in [0.05, 0.1) is 19.8 Å². The third-order valence-electron chi connectivity index (χ3n) is 2.42. The standard InChI is InChI=1S/C14H24N2O3/c1-3-6-15-14-12-13(5-7-16-14)19-9-4-8-18-11-10-17-2/h5,7,12H,3-4,6,8-11H2,1-2H3,(H,15,16). The van der Waals surface area contributed by atoms with E-state index < -0.39 is 0 Å². The fourth-order valence-corrected chi connectivity index (χ4v) is 1.45. The number of ether oxygens (including phenoxy) is 3. The van der Waals surface area contributed by atoms with Crippen LogP contribution in [0.2, 0.25) is 0 Å². The molecule has 1 aromatic heterocycles. The molecule has 5 heteroatoms. The van der Waals surface area contributed by atoms with Crippen molar-refractivity contribution in [2.75, 3.05) is 45.4 Å². The summed E-state index contributed by atoms with van der Waals surface area (Å²) in [5.74, 6) is 1.70. The summed E-state index contributed by atoms with van der Waals surface area (Å²) in [5, 5.41) is 3.23. The van der Waals surface area contributed by atoms with Crippen molar-refractivity contribution in [3.63, 3.8) is 0 Å². The molecule has 0 spiro atoms. The van der Waals surface area contributed by atoms with Gasteiger partial charge in [-0.15, -0.1) is 0 Å². The molecule has 0 amide bonds. The van der Waals surface area contributed by atoms with Gasteiger partial charge in [0.15, 0.2) is 0 Å². The van der Waals surface area contributed by atoms with Gasteiger partial charge in [-0.1, -0.05) is 6.92 Å². The van der Waals surface area contributed by atoms with Crippen LogP contribution in [0.15, 0.2) is 18.3 Å². The third kappa shape index (κ3) is 7.64. The van der Waals surface area contributed by atoms with Crippen LogP contribution in [0.3, 0.4) is 0 Å². The predicted molar refractivity (Wildman–Crippen MR) is 75.8 cm³/mol. The van der Waals surface area contributed by atoms with Crippen LogP contribution in [0.5, 0.6) is 5.75 Å². The molecule has 0 fully saturated rings. The Labute approximate surface area is 115 Å². The Morgan fingerprint density at radius 1 is 1.21 bits per heavy atom. The lowest BCUT2D eigenvalue weighted by Gasteiger charge is -2.08. The highest BCUT2D eigenvalue weighted by Gasteiger charge is 1.97. The van der Waals surface area contributed by atoms with E-state index in [1.807, 2.05) is 12.1 Å². The number of anilines is 1. The molecule has 0 radical (unpaired) electrons. The van der Waals surface area contributed by atoms with E-state index in [9.17, 15) is 0 Å². The second kappa shape index (κ2) is 10.6. The molecule has 108 valence electrons. The number of pyridine rings is 1. The van der Waals surface area contributed by atoms with Crippen LogP contribution in [-0.4, -0.2) is 45.1 Å². The highest BCUT2D eigenvalue weighted by molar-refractivity contribution is 5.40. The minimum atomic E-state index is 0.636. The summed E-state index contributed by atoms with van der Waals surface area (Å²) in [7, 11) is 1.67. The maximum absolute atomic E-state index is 5.64. The van der Waals surface area contributed by atoms with Crippen molar-refractivity contribution in [2.45, 2.75) is 19.8 Å². The Kier molecular flexibility index (Phi) is 8.76. The Hall–Kier alpha value is -1.33. The first-order valence-corrected chi connectivity index (χ1v) is 6.76. The monoisotopic (exact) mass is 268 g/mol. The average Bonchev–Trinajstić information content (AvgIpc) is 2.44. The fourth-order valence-electron chi connectivity index (χ4n) is 1.45. The van der Waals surface area contributed by atoms with Crippen molar-refractivity contribution in [1.82, 2.24) is 4.98 Å². The van der Waals surface area contributed by atoms with Crippen molar-refractivity contribution in [2.24, 2.45) is 0 Å². The zero-order chi connectivity index (χ0) is 13.8. The molecule has 19 heavy (non-hydrogen) atoms. The van der Waals surface area contributed by atoms with Crippen molar-refractivity contribution in [3.8, 4) is 5.75 Å². The first-order chi connectivity index (χ1) is 9.36. The minimum Gasteiger partial charge on any atom is -0.493 e. The Bertz CT molecular complexity index is 334. The molecule has 0 unspecified atom stereocenters. The number of hydrogen-bond donors (Lipinski definition) is 1. The molecule has 0 atom stereocenters. The highest BCUT2D eigenvalue weighted by atomic mass is 16.5. The van der Waals surface area contributed by atoms with Crippen LogP contribution < -0.4 is 10.1 Å². The molecule has 0 saturated carbocycles. The zero-order valence-corrected chi connectivity index (χ0v) is 11.9. The second-order valence-corrected chi connectivity index (χ2v) is 4.11. The van der Waals surface area contributed by atoms with Gasteiger partial charge in [0, 0.05) is 38.9 Å². The van der Waals surface area contributed by atoms with E-state index in [-0.39, 0.29) is 0 Å². The lowest BCUT2D eigenvalue weighted by Crippen LogP contribution is -2.07. The number of hydrogen-bond acceptors (Lipinski definition) is 5. The minimum absolute atomic E-state index is 0.636. The molecule has 1 rings (SSSR count). The summed E-state index contributed by atoms with van der Waals surface area (Å²) in [5.41, 5.74) is 0. The van der Waals surface area contributed by atoms with Gasteiger partial charge >= 0.3 is 0 Å². The highest BCUT2D eigenvalue weighted by Crippen LogP contribution is 2.14. The van der Waals surface area contributed by atoms with E-state index in [4.69, 9.17) is 14.2 Å². The van der Waals surface area contributed by atoms with Crippen molar-refractivity contribution < 1.29 is 14.2 Å². The number of rotatable bonds is 11. The van der Waals surface area contributed by atoms with Gasteiger partial charge in [-0.05, 0) is 12.5 Å². The van der Waals surface area contributed by atoms with Gasteiger partial charge < -0.3 is 19.5 Å².